The lowest BCUT2D eigenvalue weighted by molar-refractivity contribution is 0.0910. The molecule has 1 aliphatic rings. The van der Waals surface area contributed by atoms with E-state index in [1.54, 1.807) is 0 Å². The minimum atomic E-state index is -0.357. The number of rotatable bonds is 1. The van der Waals surface area contributed by atoms with Gasteiger partial charge in [-0.15, -0.1) is 11.6 Å². The molecule has 0 amide bonds. The monoisotopic (exact) mass is 164 g/mol. The maximum absolute atomic E-state index is 9.18. The van der Waals surface area contributed by atoms with Crippen LogP contribution in [0.3, 0.4) is 0 Å². The molecule has 60 valence electrons. The first kappa shape index (κ1) is 8.31. The van der Waals surface area contributed by atoms with Gasteiger partial charge in [0.1, 0.15) is 0 Å². The Morgan fingerprint density at radius 3 is 2.60 bits per heavy atom. The molecule has 1 fully saturated rings. The Morgan fingerprint density at radius 2 is 2.10 bits per heavy atom. The fraction of sp³-hybridized carbons (Fsp3) is 1.00. The summed E-state index contributed by atoms with van der Waals surface area (Å²) in [5.41, 5.74) is 0. The fourth-order valence-electron chi connectivity index (χ4n) is 1.35. The first-order chi connectivity index (χ1) is 4.74. The summed E-state index contributed by atoms with van der Waals surface area (Å²) >= 11 is 5.78. The first-order valence-electron chi connectivity index (χ1n) is 3.67. The highest BCUT2D eigenvalue weighted by Crippen LogP contribution is 2.27. The largest absolute Gasteiger partial charge is 0.396 e. The summed E-state index contributed by atoms with van der Waals surface area (Å²) in [7, 11) is 0. The molecule has 10 heavy (non-hydrogen) atoms. The van der Waals surface area contributed by atoms with Crippen LogP contribution in [-0.4, -0.2) is 28.3 Å². The lowest BCUT2D eigenvalue weighted by Crippen LogP contribution is -2.30. The number of alkyl halides is 1. The second-order valence-electron chi connectivity index (χ2n) is 2.94. The molecule has 0 aromatic carbocycles. The predicted molar refractivity (Wildman–Crippen MR) is 40.1 cm³/mol. The fourth-order valence-corrected chi connectivity index (χ4v) is 1.72. The molecular weight excluding hydrogens is 152 g/mol. The standard InChI is InChI=1S/C7H13ClO2/c8-6-3-5(4-9)1-2-7(6)10/h5-7,9-10H,1-4H2. The van der Waals surface area contributed by atoms with Crippen molar-refractivity contribution in [2.75, 3.05) is 6.61 Å². The number of halogens is 1. The van der Waals surface area contributed by atoms with E-state index in [0.717, 1.165) is 19.3 Å². The number of aliphatic hydroxyl groups is 2. The summed E-state index contributed by atoms with van der Waals surface area (Å²) < 4.78 is 0. The van der Waals surface area contributed by atoms with Crippen LogP contribution in [0.5, 0.6) is 0 Å². The van der Waals surface area contributed by atoms with Crippen LogP contribution in [-0.2, 0) is 0 Å². The molecule has 1 saturated carbocycles. The van der Waals surface area contributed by atoms with Crippen molar-refractivity contribution in [2.45, 2.75) is 30.7 Å². The molecule has 1 aliphatic carbocycles. The zero-order valence-electron chi connectivity index (χ0n) is 5.83. The van der Waals surface area contributed by atoms with Crippen molar-refractivity contribution >= 4 is 11.6 Å². The average molecular weight is 165 g/mol. The molecule has 2 nitrogen and oxygen atoms in total. The van der Waals surface area contributed by atoms with Gasteiger partial charge in [0.05, 0.1) is 11.5 Å². The van der Waals surface area contributed by atoms with E-state index in [4.69, 9.17) is 16.7 Å². The normalized spacial score (nSPS) is 41.7. The third-order valence-electron chi connectivity index (χ3n) is 2.10. The highest BCUT2D eigenvalue weighted by atomic mass is 35.5. The van der Waals surface area contributed by atoms with Gasteiger partial charge in [-0.05, 0) is 25.2 Å². The van der Waals surface area contributed by atoms with Crippen molar-refractivity contribution in [1.29, 1.82) is 0 Å². The number of aliphatic hydroxyl groups excluding tert-OH is 2. The molecule has 0 aromatic heterocycles. The van der Waals surface area contributed by atoms with Crippen molar-refractivity contribution in [2.24, 2.45) is 5.92 Å². The second kappa shape index (κ2) is 3.56. The Hall–Kier alpha value is 0.210. The molecule has 3 heteroatoms. The van der Waals surface area contributed by atoms with E-state index >= 15 is 0 Å². The van der Waals surface area contributed by atoms with Crippen LogP contribution in [0.2, 0.25) is 0 Å². The third kappa shape index (κ3) is 1.84. The van der Waals surface area contributed by atoms with E-state index in [9.17, 15) is 5.11 Å². The molecule has 0 aromatic rings. The summed E-state index contributed by atoms with van der Waals surface area (Å²) in [6.07, 6.45) is 2.03. The highest BCUT2D eigenvalue weighted by molar-refractivity contribution is 6.21. The molecule has 0 saturated heterocycles. The third-order valence-corrected chi connectivity index (χ3v) is 2.57. The molecule has 3 atom stereocenters. The van der Waals surface area contributed by atoms with Crippen LogP contribution >= 0.6 is 11.6 Å². The Labute approximate surface area is 65.8 Å². The van der Waals surface area contributed by atoms with Crippen molar-refractivity contribution in [3.63, 3.8) is 0 Å². The first-order valence-corrected chi connectivity index (χ1v) is 4.10. The van der Waals surface area contributed by atoms with Gasteiger partial charge < -0.3 is 10.2 Å². The topological polar surface area (TPSA) is 40.5 Å². The van der Waals surface area contributed by atoms with Gasteiger partial charge in [-0.1, -0.05) is 0 Å². The molecule has 2 N–H and O–H groups in total. The van der Waals surface area contributed by atoms with Crippen LogP contribution in [0.1, 0.15) is 19.3 Å². The van der Waals surface area contributed by atoms with Crippen molar-refractivity contribution in [3.8, 4) is 0 Å². The Morgan fingerprint density at radius 1 is 1.40 bits per heavy atom. The van der Waals surface area contributed by atoms with E-state index in [0.29, 0.717) is 5.92 Å². The van der Waals surface area contributed by atoms with Crippen LogP contribution in [0, 0.1) is 5.92 Å². The molecule has 0 aliphatic heterocycles. The van der Waals surface area contributed by atoms with Crippen LogP contribution < -0.4 is 0 Å². The zero-order valence-corrected chi connectivity index (χ0v) is 6.59. The SMILES string of the molecule is OCC1CCC(O)C(Cl)C1. The summed E-state index contributed by atoms with van der Waals surface area (Å²) in [4.78, 5) is 0. The minimum absolute atomic E-state index is 0.147. The van der Waals surface area contributed by atoms with Crippen LogP contribution in [0.4, 0.5) is 0 Å². The number of hydrogen-bond donors (Lipinski definition) is 2. The number of hydrogen-bond acceptors (Lipinski definition) is 2. The quantitative estimate of drug-likeness (QED) is 0.562. The van der Waals surface area contributed by atoms with E-state index in [2.05, 4.69) is 0 Å². The van der Waals surface area contributed by atoms with Crippen molar-refractivity contribution in [3.05, 3.63) is 0 Å². The zero-order chi connectivity index (χ0) is 7.56. The van der Waals surface area contributed by atoms with Gasteiger partial charge in [-0.3, -0.25) is 0 Å². The van der Waals surface area contributed by atoms with E-state index in [1.807, 2.05) is 0 Å². The van der Waals surface area contributed by atoms with Crippen LogP contribution in [0.15, 0.2) is 0 Å². The van der Waals surface area contributed by atoms with Crippen LogP contribution in [0.25, 0.3) is 0 Å². The molecule has 0 radical (unpaired) electrons. The molecule has 1 rings (SSSR count). The van der Waals surface area contributed by atoms with Gasteiger partial charge in [0, 0.05) is 6.61 Å². The Balaban J connectivity index is 2.33. The van der Waals surface area contributed by atoms with Crippen molar-refractivity contribution < 1.29 is 10.2 Å². The maximum atomic E-state index is 9.18. The Kier molecular flexibility index (Phi) is 2.96. The average Bonchev–Trinajstić information content (AvgIpc) is 1.95. The van der Waals surface area contributed by atoms with Gasteiger partial charge >= 0.3 is 0 Å². The second-order valence-corrected chi connectivity index (χ2v) is 3.51. The van der Waals surface area contributed by atoms with E-state index in [-0.39, 0.29) is 18.1 Å². The summed E-state index contributed by atoms with van der Waals surface area (Å²) in [5, 5.41) is 17.8. The minimum Gasteiger partial charge on any atom is -0.396 e. The van der Waals surface area contributed by atoms with Gasteiger partial charge in [0.15, 0.2) is 0 Å². The molecule has 0 heterocycles. The maximum Gasteiger partial charge on any atom is 0.0704 e. The Bertz CT molecular complexity index is 108. The van der Waals surface area contributed by atoms with Crippen molar-refractivity contribution in [1.82, 2.24) is 0 Å². The van der Waals surface area contributed by atoms with Gasteiger partial charge in [0.2, 0.25) is 0 Å². The van der Waals surface area contributed by atoms with Gasteiger partial charge in [0.25, 0.3) is 0 Å². The van der Waals surface area contributed by atoms with E-state index in [1.165, 1.54) is 0 Å². The van der Waals surface area contributed by atoms with Gasteiger partial charge in [-0.2, -0.15) is 0 Å². The lowest BCUT2D eigenvalue weighted by atomic mass is 9.88. The predicted octanol–water partition coefficient (Wildman–Crippen LogP) is 0.747. The molecular formula is C7H13ClO2. The van der Waals surface area contributed by atoms with Gasteiger partial charge in [-0.25, -0.2) is 0 Å². The smallest absolute Gasteiger partial charge is 0.0704 e. The molecule has 3 unspecified atom stereocenters. The van der Waals surface area contributed by atoms with E-state index < -0.39 is 0 Å². The highest BCUT2D eigenvalue weighted by Gasteiger charge is 2.26. The summed E-state index contributed by atoms with van der Waals surface area (Å²) in [6.45, 7) is 0.204. The summed E-state index contributed by atoms with van der Waals surface area (Å²) in [6, 6.07) is 0. The summed E-state index contributed by atoms with van der Waals surface area (Å²) in [5.74, 6) is 0.311. The molecule has 0 bridgehead atoms. The lowest BCUT2D eigenvalue weighted by Gasteiger charge is -2.28. The molecule has 0 spiro atoms.